The number of hydrogen-bond acceptors (Lipinski definition) is 4. The third kappa shape index (κ3) is 4.21. The smallest absolute Gasteiger partial charge is 0.289 e. The van der Waals surface area contributed by atoms with Gasteiger partial charge in [-0.3, -0.25) is 9.48 Å². The quantitative estimate of drug-likeness (QED) is 0.554. The molecular weight excluding hydrogens is 456 g/mol. The summed E-state index contributed by atoms with van der Waals surface area (Å²) in [5, 5.41) is 5.22. The van der Waals surface area contributed by atoms with Crippen molar-refractivity contribution in [3.8, 4) is 0 Å². The molecule has 0 aliphatic carbocycles. The molecular formula is C21H22BrClN4O2. The van der Waals surface area contributed by atoms with Gasteiger partial charge in [0.05, 0.1) is 22.4 Å². The summed E-state index contributed by atoms with van der Waals surface area (Å²) < 4.78 is 8.71. The Kier molecular flexibility index (Phi) is 5.69. The van der Waals surface area contributed by atoms with E-state index in [1.165, 1.54) is 0 Å². The van der Waals surface area contributed by atoms with Crippen molar-refractivity contribution in [2.45, 2.75) is 20.4 Å². The fourth-order valence-electron chi connectivity index (χ4n) is 3.53. The molecule has 0 unspecified atom stereocenters. The average molecular weight is 478 g/mol. The number of aryl methyl sites for hydroxylation is 1. The van der Waals surface area contributed by atoms with Gasteiger partial charge < -0.3 is 14.2 Å². The van der Waals surface area contributed by atoms with Crippen molar-refractivity contribution >= 4 is 39.1 Å². The number of carbonyl (C=O) groups excluding carboxylic acids is 1. The Labute approximate surface area is 183 Å². The van der Waals surface area contributed by atoms with Crippen LogP contribution in [-0.4, -0.2) is 46.8 Å². The molecule has 3 aromatic rings. The molecule has 3 heterocycles. The molecule has 0 N–H and O–H groups in total. The Bertz CT molecular complexity index is 1020. The van der Waals surface area contributed by atoms with E-state index in [0.717, 1.165) is 39.7 Å². The van der Waals surface area contributed by atoms with E-state index in [-0.39, 0.29) is 5.91 Å². The van der Waals surface area contributed by atoms with Crippen molar-refractivity contribution in [2.75, 3.05) is 31.1 Å². The van der Waals surface area contributed by atoms with Gasteiger partial charge in [-0.05, 0) is 66.2 Å². The molecule has 0 saturated carbocycles. The van der Waals surface area contributed by atoms with Crippen LogP contribution < -0.4 is 4.90 Å². The lowest BCUT2D eigenvalue weighted by Crippen LogP contribution is -2.48. The number of hydrogen-bond donors (Lipinski definition) is 0. The summed E-state index contributed by atoms with van der Waals surface area (Å²) in [6.45, 7) is 7.31. The first-order valence-electron chi connectivity index (χ1n) is 9.50. The van der Waals surface area contributed by atoms with Gasteiger partial charge in [0, 0.05) is 36.9 Å². The van der Waals surface area contributed by atoms with Gasteiger partial charge in [0.2, 0.25) is 0 Å². The van der Waals surface area contributed by atoms with Crippen LogP contribution in [0.5, 0.6) is 0 Å². The number of carbonyl (C=O) groups is 1. The predicted molar refractivity (Wildman–Crippen MR) is 117 cm³/mol. The SMILES string of the molecule is Cc1nn(Cc2ccc(C(=O)N3CCN(c4ccc(Cl)cc4)CC3)o2)c(C)c1Br. The number of furan rings is 1. The van der Waals surface area contributed by atoms with Crippen LogP contribution in [0.1, 0.15) is 27.7 Å². The molecule has 29 heavy (non-hydrogen) atoms. The van der Waals surface area contributed by atoms with E-state index in [0.29, 0.717) is 31.2 Å². The fourth-order valence-corrected chi connectivity index (χ4v) is 3.94. The molecule has 4 rings (SSSR count). The highest BCUT2D eigenvalue weighted by molar-refractivity contribution is 9.10. The molecule has 1 amide bonds. The lowest BCUT2D eigenvalue weighted by atomic mass is 10.2. The first-order valence-corrected chi connectivity index (χ1v) is 10.7. The number of aromatic nitrogens is 2. The van der Waals surface area contributed by atoms with Crippen molar-refractivity contribution in [3.63, 3.8) is 0 Å². The largest absolute Gasteiger partial charge is 0.454 e. The highest BCUT2D eigenvalue weighted by Gasteiger charge is 2.24. The second kappa shape index (κ2) is 8.24. The topological polar surface area (TPSA) is 54.5 Å². The van der Waals surface area contributed by atoms with Crippen molar-refractivity contribution < 1.29 is 9.21 Å². The summed E-state index contributed by atoms with van der Waals surface area (Å²) in [4.78, 5) is 16.9. The Balaban J connectivity index is 1.38. The molecule has 0 radical (unpaired) electrons. The second-order valence-electron chi connectivity index (χ2n) is 7.16. The van der Waals surface area contributed by atoms with Crippen molar-refractivity contribution in [3.05, 3.63) is 68.8 Å². The number of benzene rings is 1. The molecule has 6 nitrogen and oxygen atoms in total. The van der Waals surface area contributed by atoms with Gasteiger partial charge in [0.1, 0.15) is 5.76 Å². The fraction of sp³-hybridized carbons (Fsp3) is 0.333. The number of rotatable bonds is 4. The van der Waals surface area contributed by atoms with Crippen LogP contribution in [0.4, 0.5) is 5.69 Å². The molecule has 0 atom stereocenters. The van der Waals surface area contributed by atoms with E-state index in [4.69, 9.17) is 16.0 Å². The molecule has 1 aliphatic heterocycles. The van der Waals surface area contributed by atoms with Crippen molar-refractivity contribution in [1.82, 2.24) is 14.7 Å². The Morgan fingerprint density at radius 3 is 2.41 bits per heavy atom. The lowest BCUT2D eigenvalue weighted by molar-refractivity contribution is 0.0712. The number of amides is 1. The van der Waals surface area contributed by atoms with E-state index in [2.05, 4.69) is 25.9 Å². The molecule has 0 spiro atoms. The van der Waals surface area contributed by atoms with E-state index in [1.807, 2.05) is 53.8 Å². The van der Waals surface area contributed by atoms with Crippen LogP contribution in [0.15, 0.2) is 45.3 Å². The minimum atomic E-state index is -0.0680. The lowest BCUT2D eigenvalue weighted by Gasteiger charge is -2.35. The zero-order chi connectivity index (χ0) is 20.5. The molecule has 1 aromatic carbocycles. The van der Waals surface area contributed by atoms with Gasteiger partial charge in [0.25, 0.3) is 5.91 Å². The molecule has 1 fully saturated rings. The van der Waals surface area contributed by atoms with E-state index in [1.54, 1.807) is 6.07 Å². The van der Waals surface area contributed by atoms with E-state index < -0.39 is 0 Å². The van der Waals surface area contributed by atoms with Crippen LogP contribution in [0, 0.1) is 13.8 Å². The van der Waals surface area contributed by atoms with Gasteiger partial charge in [-0.2, -0.15) is 5.10 Å². The summed E-state index contributed by atoms with van der Waals surface area (Å²) in [5.74, 6) is 1.02. The molecule has 8 heteroatoms. The molecule has 2 aromatic heterocycles. The zero-order valence-corrected chi connectivity index (χ0v) is 18.7. The Morgan fingerprint density at radius 1 is 1.10 bits per heavy atom. The third-order valence-corrected chi connectivity index (χ3v) is 6.63. The predicted octanol–water partition coefficient (Wildman–Crippen LogP) is 4.52. The number of piperazine rings is 1. The summed E-state index contributed by atoms with van der Waals surface area (Å²) in [6, 6.07) is 11.4. The highest BCUT2D eigenvalue weighted by Crippen LogP contribution is 2.22. The minimum Gasteiger partial charge on any atom is -0.454 e. The van der Waals surface area contributed by atoms with Crippen LogP contribution in [0.3, 0.4) is 0 Å². The van der Waals surface area contributed by atoms with Crippen molar-refractivity contribution in [1.29, 1.82) is 0 Å². The zero-order valence-electron chi connectivity index (χ0n) is 16.4. The van der Waals surface area contributed by atoms with E-state index in [9.17, 15) is 4.79 Å². The molecule has 0 bridgehead atoms. The molecule has 152 valence electrons. The average Bonchev–Trinajstić information content (AvgIpc) is 3.29. The maximum atomic E-state index is 12.8. The van der Waals surface area contributed by atoms with Gasteiger partial charge in [-0.15, -0.1) is 0 Å². The number of anilines is 1. The summed E-state index contributed by atoms with van der Waals surface area (Å²) >= 11 is 9.50. The summed E-state index contributed by atoms with van der Waals surface area (Å²) in [5.41, 5.74) is 3.09. The maximum Gasteiger partial charge on any atom is 0.289 e. The van der Waals surface area contributed by atoms with Gasteiger partial charge in [-0.1, -0.05) is 11.6 Å². The maximum absolute atomic E-state index is 12.8. The van der Waals surface area contributed by atoms with Crippen molar-refractivity contribution in [2.24, 2.45) is 0 Å². The normalized spacial score (nSPS) is 14.5. The monoisotopic (exact) mass is 476 g/mol. The molecule has 1 aliphatic rings. The summed E-state index contributed by atoms with van der Waals surface area (Å²) in [6.07, 6.45) is 0. The van der Waals surface area contributed by atoms with Crippen LogP contribution in [0.2, 0.25) is 5.02 Å². The minimum absolute atomic E-state index is 0.0680. The van der Waals surface area contributed by atoms with Crippen LogP contribution in [0.25, 0.3) is 0 Å². The molecule has 1 saturated heterocycles. The Morgan fingerprint density at radius 2 is 1.79 bits per heavy atom. The Hall–Kier alpha value is -2.25. The first kappa shape index (κ1) is 20.0. The highest BCUT2D eigenvalue weighted by atomic mass is 79.9. The summed E-state index contributed by atoms with van der Waals surface area (Å²) in [7, 11) is 0. The van der Waals surface area contributed by atoms with Crippen LogP contribution >= 0.6 is 27.5 Å². The first-order chi connectivity index (χ1) is 13.9. The van der Waals surface area contributed by atoms with Gasteiger partial charge in [0.15, 0.2) is 5.76 Å². The second-order valence-corrected chi connectivity index (χ2v) is 8.39. The third-order valence-electron chi connectivity index (χ3n) is 5.23. The van der Waals surface area contributed by atoms with E-state index >= 15 is 0 Å². The standard InChI is InChI=1S/C21H22BrClN4O2/c1-14-20(22)15(2)27(24-14)13-18-7-8-19(29-18)21(28)26-11-9-25(10-12-26)17-5-3-16(23)4-6-17/h3-8H,9-13H2,1-2H3. The number of halogens is 2. The van der Waals surface area contributed by atoms with Gasteiger partial charge >= 0.3 is 0 Å². The number of nitrogens with zero attached hydrogens (tertiary/aromatic N) is 4. The van der Waals surface area contributed by atoms with Gasteiger partial charge in [-0.25, -0.2) is 0 Å². The van der Waals surface area contributed by atoms with Crippen LogP contribution in [-0.2, 0) is 6.54 Å².